The Morgan fingerprint density at radius 2 is 1.81 bits per heavy atom. The number of aromatic nitrogens is 3. The number of anilines is 1. The molecule has 0 spiro atoms. The molecule has 4 rings (SSSR count). The first-order valence-electron chi connectivity index (χ1n) is 8.38. The second kappa shape index (κ2) is 6.17. The lowest BCUT2D eigenvalue weighted by Gasteiger charge is -2.11. The number of aryl methyl sites for hydroxylation is 1. The van der Waals surface area contributed by atoms with Crippen LogP contribution in [0.15, 0.2) is 75.4 Å². The third-order valence-electron chi connectivity index (χ3n) is 4.48. The van der Waals surface area contributed by atoms with Crippen molar-refractivity contribution in [1.29, 1.82) is 0 Å². The van der Waals surface area contributed by atoms with Gasteiger partial charge in [-0.3, -0.25) is 9.20 Å². The van der Waals surface area contributed by atoms with E-state index in [1.165, 1.54) is 22.6 Å². The van der Waals surface area contributed by atoms with Crippen LogP contribution in [0.3, 0.4) is 0 Å². The summed E-state index contributed by atoms with van der Waals surface area (Å²) < 4.78 is 29.2. The molecule has 0 atom stereocenters. The number of hydrogen-bond donors (Lipinski definition) is 1. The fourth-order valence-corrected chi connectivity index (χ4v) is 4.57. The zero-order valence-electron chi connectivity index (χ0n) is 14.5. The van der Waals surface area contributed by atoms with E-state index in [-0.39, 0.29) is 26.6 Å². The van der Waals surface area contributed by atoms with Crippen LogP contribution in [0.5, 0.6) is 0 Å². The van der Waals surface area contributed by atoms with E-state index in [2.05, 4.69) is 4.98 Å². The average molecular weight is 381 g/mol. The van der Waals surface area contributed by atoms with Crippen LogP contribution in [-0.2, 0) is 16.4 Å². The summed E-state index contributed by atoms with van der Waals surface area (Å²) in [6.45, 7) is 2.19. The number of nitrogens with zero attached hydrogens (tertiary/aromatic N) is 3. The van der Waals surface area contributed by atoms with Crippen molar-refractivity contribution in [2.24, 2.45) is 0 Å². The second-order valence-corrected chi connectivity index (χ2v) is 7.96. The van der Waals surface area contributed by atoms with Gasteiger partial charge >= 0.3 is 0 Å². The maximum atomic E-state index is 13.1. The molecule has 0 bridgehead atoms. The predicted octanol–water partition coefficient (Wildman–Crippen LogP) is 1.57. The number of sulfone groups is 1. The van der Waals surface area contributed by atoms with Crippen LogP contribution in [-0.4, -0.2) is 17.8 Å². The standard InChI is InChI=1S/C19H16N4O3S/c1-2-22-17(20)15(27(25,26)13-8-4-3-5-9-13)12-14-18(22)21-16-10-6-7-11-23(16)19(14)24/h3-12,20H,2H2,1H3/p+1. The van der Waals surface area contributed by atoms with Crippen molar-refractivity contribution in [3.8, 4) is 0 Å². The van der Waals surface area contributed by atoms with Crippen LogP contribution in [0.2, 0.25) is 0 Å². The number of hydrogen-bond acceptors (Lipinski definition) is 5. The van der Waals surface area contributed by atoms with Gasteiger partial charge in [0.1, 0.15) is 10.3 Å². The van der Waals surface area contributed by atoms with E-state index in [4.69, 9.17) is 5.73 Å². The van der Waals surface area contributed by atoms with Crippen LogP contribution in [0.25, 0.3) is 16.7 Å². The molecule has 0 aliphatic carbocycles. The largest absolute Gasteiger partial charge is 0.317 e. The monoisotopic (exact) mass is 381 g/mol. The van der Waals surface area contributed by atoms with Gasteiger partial charge in [-0.05, 0) is 37.3 Å². The molecule has 0 aliphatic rings. The van der Waals surface area contributed by atoms with E-state index in [0.29, 0.717) is 17.8 Å². The van der Waals surface area contributed by atoms with Crippen LogP contribution in [0.1, 0.15) is 6.92 Å². The van der Waals surface area contributed by atoms with Crippen molar-refractivity contribution in [2.45, 2.75) is 23.3 Å². The minimum absolute atomic E-state index is 0.0565. The molecule has 1 aromatic carbocycles. The van der Waals surface area contributed by atoms with Crippen molar-refractivity contribution in [3.63, 3.8) is 0 Å². The third kappa shape index (κ3) is 2.57. The minimum Gasteiger partial charge on any atom is -0.317 e. The summed E-state index contributed by atoms with van der Waals surface area (Å²) in [4.78, 5) is 17.5. The van der Waals surface area contributed by atoms with E-state index in [9.17, 15) is 13.2 Å². The van der Waals surface area contributed by atoms with E-state index in [1.807, 2.05) is 6.92 Å². The highest BCUT2D eigenvalue weighted by Crippen LogP contribution is 2.26. The maximum Gasteiger partial charge on any atom is 0.278 e. The highest BCUT2D eigenvalue weighted by molar-refractivity contribution is 7.91. The highest BCUT2D eigenvalue weighted by atomic mass is 32.2. The molecule has 4 aromatic rings. The summed E-state index contributed by atoms with van der Waals surface area (Å²) in [5.74, 6) is 0.0565. The van der Waals surface area contributed by atoms with Crippen LogP contribution >= 0.6 is 0 Å². The Kier molecular flexibility index (Phi) is 3.92. The van der Waals surface area contributed by atoms with Gasteiger partial charge in [-0.1, -0.05) is 29.2 Å². The molecule has 3 heterocycles. The predicted molar refractivity (Wildman–Crippen MR) is 101 cm³/mol. The first-order chi connectivity index (χ1) is 12.9. The number of pyridine rings is 2. The van der Waals surface area contributed by atoms with Gasteiger partial charge in [0.15, 0.2) is 0 Å². The lowest BCUT2D eigenvalue weighted by Crippen LogP contribution is -2.40. The minimum atomic E-state index is -3.89. The van der Waals surface area contributed by atoms with Gasteiger partial charge in [-0.25, -0.2) is 13.0 Å². The Balaban J connectivity index is 2.15. The fraction of sp³-hybridized carbons (Fsp3) is 0.105. The number of benzene rings is 1. The SMILES string of the molecule is CC[n+]1c(N)c(S(=O)(=O)c2ccccc2)cc2c(=O)n3ccccc3nc21. The van der Waals surface area contributed by atoms with E-state index >= 15 is 0 Å². The van der Waals surface area contributed by atoms with Crippen LogP contribution in [0, 0.1) is 0 Å². The maximum absolute atomic E-state index is 13.1. The summed E-state index contributed by atoms with van der Waals surface area (Å²) in [7, 11) is -3.89. The van der Waals surface area contributed by atoms with Gasteiger partial charge in [0.25, 0.3) is 11.2 Å². The van der Waals surface area contributed by atoms with E-state index in [0.717, 1.165) is 0 Å². The van der Waals surface area contributed by atoms with Gasteiger partial charge in [0.2, 0.25) is 21.3 Å². The molecule has 0 aliphatic heterocycles. The summed E-state index contributed by atoms with van der Waals surface area (Å²) in [6.07, 6.45) is 1.60. The zero-order chi connectivity index (χ0) is 19.2. The Morgan fingerprint density at radius 1 is 1.11 bits per heavy atom. The van der Waals surface area contributed by atoms with Crippen molar-refractivity contribution in [1.82, 2.24) is 9.38 Å². The molecule has 8 heteroatoms. The molecule has 0 fully saturated rings. The Morgan fingerprint density at radius 3 is 2.52 bits per heavy atom. The normalized spacial score (nSPS) is 11.9. The Bertz CT molecular complexity index is 1350. The topological polar surface area (TPSA) is 98.4 Å². The van der Waals surface area contributed by atoms with Gasteiger partial charge < -0.3 is 5.73 Å². The van der Waals surface area contributed by atoms with Crippen molar-refractivity contribution >= 4 is 32.3 Å². The smallest absolute Gasteiger partial charge is 0.278 e. The fourth-order valence-electron chi connectivity index (χ4n) is 3.14. The first-order valence-corrected chi connectivity index (χ1v) is 9.87. The van der Waals surface area contributed by atoms with Gasteiger partial charge in [0, 0.05) is 6.20 Å². The summed E-state index contributed by atoms with van der Waals surface area (Å²) in [5.41, 5.74) is 6.69. The van der Waals surface area contributed by atoms with Crippen molar-refractivity contribution in [2.75, 3.05) is 5.73 Å². The molecule has 7 nitrogen and oxygen atoms in total. The molecule has 0 saturated heterocycles. The number of fused-ring (bicyclic) bond motifs is 2. The van der Waals surface area contributed by atoms with Crippen molar-refractivity contribution < 1.29 is 13.0 Å². The lowest BCUT2D eigenvalue weighted by molar-refractivity contribution is -0.656. The Labute approximate surface area is 155 Å². The molecule has 3 aromatic heterocycles. The molecule has 0 radical (unpaired) electrons. The quantitative estimate of drug-likeness (QED) is 0.429. The van der Waals surface area contributed by atoms with Gasteiger partial charge in [-0.15, -0.1) is 0 Å². The summed E-state index contributed by atoms with van der Waals surface area (Å²) in [5, 5.41) is 0.198. The molecule has 0 unspecified atom stereocenters. The van der Waals surface area contributed by atoms with Gasteiger partial charge in [-0.2, -0.15) is 0 Å². The van der Waals surface area contributed by atoms with Crippen LogP contribution in [0.4, 0.5) is 5.82 Å². The molecule has 0 saturated carbocycles. The summed E-state index contributed by atoms with van der Waals surface area (Å²) in [6, 6.07) is 14.6. The summed E-state index contributed by atoms with van der Waals surface area (Å²) >= 11 is 0. The molecular weight excluding hydrogens is 364 g/mol. The zero-order valence-corrected chi connectivity index (χ0v) is 15.3. The molecular formula is C19H17N4O3S+. The van der Waals surface area contributed by atoms with E-state index in [1.54, 1.807) is 47.2 Å². The molecule has 27 heavy (non-hydrogen) atoms. The van der Waals surface area contributed by atoms with E-state index < -0.39 is 9.84 Å². The third-order valence-corrected chi connectivity index (χ3v) is 6.28. The van der Waals surface area contributed by atoms with Crippen molar-refractivity contribution in [3.05, 3.63) is 71.1 Å². The lowest BCUT2D eigenvalue weighted by atomic mass is 10.3. The Hall–Kier alpha value is -3.26. The first kappa shape index (κ1) is 17.2. The molecule has 0 amide bonds. The molecule has 2 N–H and O–H groups in total. The van der Waals surface area contributed by atoms with Crippen LogP contribution < -0.4 is 15.9 Å². The van der Waals surface area contributed by atoms with Gasteiger partial charge in [0.05, 0.1) is 11.4 Å². The number of rotatable bonds is 3. The molecule has 136 valence electrons. The number of nitrogens with two attached hydrogens (primary N) is 1. The average Bonchev–Trinajstić information content (AvgIpc) is 2.68. The second-order valence-electron chi connectivity index (χ2n) is 6.04. The highest BCUT2D eigenvalue weighted by Gasteiger charge is 2.28. The number of nitrogen functional groups attached to an aromatic ring is 1.